The van der Waals surface area contributed by atoms with Gasteiger partial charge in [0.1, 0.15) is 12.4 Å². The first-order chi connectivity index (χ1) is 15.5. The summed E-state index contributed by atoms with van der Waals surface area (Å²) in [7, 11) is -3.63. The molecule has 8 nitrogen and oxygen atoms in total. The summed E-state index contributed by atoms with van der Waals surface area (Å²) < 4.78 is 40.0. The molecule has 2 N–H and O–H groups in total. The first-order valence-electron chi connectivity index (χ1n) is 9.91. The molecule has 0 amide bonds. The zero-order valence-corrected chi connectivity index (χ0v) is 19.4. The van der Waals surface area contributed by atoms with Crippen LogP contribution >= 0.6 is 15.9 Å². The third-order valence-corrected chi connectivity index (χ3v) is 6.72. The Morgan fingerprint density at radius 3 is 2.78 bits per heavy atom. The summed E-state index contributed by atoms with van der Waals surface area (Å²) in [6, 6.07) is 14.3. The van der Waals surface area contributed by atoms with Gasteiger partial charge < -0.3 is 14.6 Å². The van der Waals surface area contributed by atoms with E-state index in [1.54, 1.807) is 42.9 Å². The molecule has 0 aliphatic rings. The fourth-order valence-electron chi connectivity index (χ4n) is 3.21. The average molecular weight is 517 g/mol. The normalized spacial score (nSPS) is 11.7. The van der Waals surface area contributed by atoms with E-state index in [9.17, 15) is 8.42 Å². The quantitative estimate of drug-likeness (QED) is 0.310. The van der Waals surface area contributed by atoms with Crippen LogP contribution in [0.3, 0.4) is 0 Å². The second kappa shape index (κ2) is 10.2. The molecule has 0 aliphatic heterocycles. The van der Waals surface area contributed by atoms with Crippen LogP contribution in [0.5, 0.6) is 5.75 Å². The monoisotopic (exact) mass is 516 g/mol. The second-order valence-corrected chi connectivity index (χ2v) is 9.52. The minimum absolute atomic E-state index is 0.246. The van der Waals surface area contributed by atoms with Crippen LogP contribution in [0, 0.1) is 0 Å². The van der Waals surface area contributed by atoms with Gasteiger partial charge in [0.25, 0.3) is 0 Å². The predicted octanol–water partition coefficient (Wildman–Crippen LogP) is 3.60. The van der Waals surface area contributed by atoms with Crippen LogP contribution < -0.4 is 14.8 Å². The van der Waals surface area contributed by atoms with Crippen molar-refractivity contribution in [3.05, 3.63) is 71.6 Å². The molecular weight excluding hydrogens is 496 g/mol. The number of pyridine rings is 1. The molecule has 0 fully saturated rings. The van der Waals surface area contributed by atoms with E-state index in [1.807, 2.05) is 24.3 Å². The molecule has 2 aromatic carbocycles. The topological polar surface area (TPSA) is 106 Å². The molecule has 0 atom stereocenters. The molecule has 0 unspecified atom stereocenters. The van der Waals surface area contributed by atoms with E-state index in [1.165, 1.54) is 0 Å². The number of rotatable bonds is 10. The van der Waals surface area contributed by atoms with E-state index in [-0.39, 0.29) is 11.4 Å². The number of benzene rings is 2. The maximum absolute atomic E-state index is 12.7. The number of hydrogen-bond donors (Lipinski definition) is 2. The molecule has 32 heavy (non-hydrogen) atoms. The van der Waals surface area contributed by atoms with Gasteiger partial charge in [-0.2, -0.15) is 0 Å². The van der Waals surface area contributed by atoms with Crippen molar-refractivity contribution in [2.75, 3.05) is 26.2 Å². The first kappa shape index (κ1) is 22.4. The molecule has 2 heterocycles. The summed E-state index contributed by atoms with van der Waals surface area (Å²) in [5.41, 5.74) is 0.801. The van der Waals surface area contributed by atoms with Gasteiger partial charge in [-0.1, -0.05) is 33.2 Å². The largest absolute Gasteiger partial charge is 0.491 e. The summed E-state index contributed by atoms with van der Waals surface area (Å²) in [6.07, 6.45) is 4.81. The Kier molecular flexibility index (Phi) is 7.15. The number of halogens is 1. The fourth-order valence-corrected chi connectivity index (χ4v) is 4.83. The lowest BCUT2D eigenvalue weighted by Crippen LogP contribution is -2.33. The molecular formula is C22H21BrN4O4S. The minimum Gasteiger partial charge on any atom is -0.491 e. The number of nitrogens with zero attached hydrogens (tertiary/aromatic N) is 2. The lowest BCUT2D eigenvalue weighted by atomic mass is 10.1. The molecule has 10 heteroatoms. The molecule has 4 rings (SSSR count). The van der Waals surface area contributed by atoms with Crippen LogP contribution in [-0.2, 0) is 10.0 Å². The van der Waals surface area contributed by atoms with Crippen LogP contribution in [0.1, 0.15) is 0 Å². The number of aromatic nitrogens is 2. The Labute approximate surface area is 194 Å². The zero-order valence-electron chi connectivity index (χ0n) is 17.0. The highest BCUT2D eigenvalue weighted by Crippen LogP contribution is 2.32. The maximum atomic E-state index is 12.7. The van der Waals surface area contributed by atoms with Gasteiger partial charge in [-0.25, -0.2) is 13.1 Å². The molecule has 0 saturated heterocycles. The summed E-state index contributed by atoms with van der Waals surface area (Å²) in [5, 5.41) is 8.34. The average Bonchev–Trinajstić information content (AvgIpc) is 3.33. The first-order valence-corrected chi connectivity index (χ1v) is 12.2. The number of hydrogen-bond acceptors (Lipinski definition) is 7. The molecule has 0 aliphatic carbocycles. The van der Waals surface area contributed by atoms with E-state index in [0.717, 1.165) is 15.4 Å². The van der Waals surface area contributed by atoms with Crippen molar-refractivity contribution < 1.29 is 17.7 Å². The smallest absolute Gasteiger partial charge is 0.241 e. The van der Waals surface area contributed by atoms with E-state index >= 15 is 0 Å². The fraction of sp³-hybridized carbons (Fsp3) is 0.182. The van der Waals surface area contributed by atoms with Crippen molar-refractivity contribution in [3.8, 4) is 17.1 Å². The molecule has 2 aromatic heterocycles. The molecule has 0 spiro atoms. The molecule has 4 aromatic rings. The number of ether oxygens (including phenoxy) is 1. The van der Waals surface area contributed by atoms with Gasteiger partial charge in [0, 0.05) is 53.3 Å². The van der Waals surface area contributed by atoms with E-state index in [2.05, 4.69) is 36.1 Å². The van der Waals surface area contributed by atoms with E-state index in [0.29, 0.717) is 36.6 Å². The SMILES string of the molecule is O=S(=O)(NCCNCCOc1ccc(Br)cc1-c1ccno1)c1cccc2cnccc12. The number of nitrogens with one attached hydrogen (secondary N) is 2. The summed E-state index contributed by atoms with van der Waals surface area (Å²) in [6.45, 7) is 1.68. The molecule has 166 valence electrons. The molecule has 0 radical (unpaired) electrons. The van der Waals surface area contributed by atoms with Gasteiger partial charge in [-0.05, 0) is 30.3 Å². The van der Waals surface area contributed by atoms with Crippen LogP contribution in [0.4, 0.5) is 0 Å². The van der Waals surface area contributed by atoms with Gasteiger partial charge in [0.2, 0.25) is 10.0 Å². The van der Waals surface area contributed by atoms with Crippen molar-refractivity contribution in [1.82, 2.24) is 20.2 Å². The van der Waals surface area contributed by atoms with Crippen molar-refractivity contribution >= 4 is 36.7 Å². The second-order valence-electron chi connectivity index (χ2n) is 6.87. The van der Waals surface area contributed by atoms with Crippen LogP contribution in [0.15, 0.2) is 81.0 Å². The molecule has 0 bridgehead atoms. The highest BCUT2D eigenvalue weighted by atomic mass is 79.9. The summed E-state index contributed by atoms with van der Waals surface area (Å²) >= 11 is 3.45. The van der Waals surface area contributed by atoms with Gasteiger partial charge in [-0.3, -0.25) is 4.98 Å². The minimum atomic E-state index is -3.63. The van der Waals surface area contributed by atoms with Gasteiger partial charge in [0.15, 0.2) is 5.76 Å². The third kappa shape index (κ3) is 5.33. The van der Waals surface area contributed by atoms with E-state index in [4.69, 9.17) is 9.26 Å². The van der Waals surface area contributed by atoms with Crippen molar-refractivity contribution in [2.45, 2.75) is 4.90 Å². The van der Waals surface area contributed by atoms with Gasteiger partial charge in [-0.15, -0.1) is 0 Å². The maximum Gasteiger partial charge on any atom is 0.241 e. The Morgan fingerprint density at radius 2 is 1.94 bits per heavy atom. The highest BCUT2D eigenvalue weighted by Gasteiger charge is 2.16. The van der Waals surface area contributed by atoms with Crippen LogP contribution in [0.2, 0.25) is 0 Å². The van der Waals surface area contributed by atoms with E-state index < -0.39 is 10.0 Å². The Bertz CT molecular complexity index is 1290. The molecule has 0 saturated carbocycles. The standard InChI is InChI=1S/C22H21BrN4O4S/c23-17-4-5-20(19(14-17)21-7-9-26-31-21)30-13-12-24-10-11-27-32(28,29)22-3-1-2-16-15-25-8-6-18(16)22/h1-9,14-15,24,27H,10-13H2. The number of fused-ring (bicyclic) bond motifs is 1. The Morgan fingerprint density at radius 1 is 1.03 bits per heavy atom. The lowest BCUT2D eigenvalue weighted by Gasteiger charge is -2.12. The number of sulfonamides is 1. The summed E-state index contributed by atoms with van der Waals surface area (Å²) in [5.74, 6) is 1.30. The highest BCUT2D eigenvalue weighted by molar-refractivity contribution is 9.10. The lowest BCUT2D eigenvalue weighted by molar-refractivity contribution is 0.314. The zero-order chi connectivity index (χ0) is 22.4. The van der Waals surface area contributed by atoms with Crippen LogP contribution in [-0.4, -0.2) is 44.8 Å². The Hall–Kier alpha value is -2.79. The van der Waals surface area contributed by atoms with Crippen molar-refractivity contribution in [2.24, 2.45) is 0 Å². The predicted molar refractivity (Wildman–Crippen MR) is 125 cm³/mol. The van der Waals surface area contributed by atoms with Gasteiger partial charge >= 0.3 is 0 Å². The van der Waals surface area contributed by atoms with Crippen molar-refractivity contribution in [1.29, 1.82) is 0 Å². The van der Waals surface area contributed by atoms with Gasteiger partial charge in [0.05, 0.1) is 16.7 Å². The third-order valence-electron chi connectivity index (χ3n) is 4.71. The van der Waals surface area contributed by atoms with Crippen LogP contribution in [0.25, 0.3) is 22.1 Å². The van der Waals surface area contributed by atoms with Crippen molar-refractivity contribution in [3.63, 3.8) is 0 Å². The Balaban J connectivity index is 1.25. The summed E-state index contributed by atoms with van der Waals surface area (Å²) in [4.78, 5) is 4.28.